The number of ether oxygens (including phenoxy) is 1. The van der Waals surface area contributed by atoms with E-state index in [0.717, 1.165) is 39.6 Å². The maximum atomic E-state index is 12.9. The molecule has 0 radical (unpaired) electrons. The summed E-state index contributed by atoms with van der Waals surface area (Å²) >= 11 is 0. The zero-order chi connectivity index (χ0) is 19.8. The van der Waals surface area contributed by atoms with Gasteiger partial charge in [-0.05, 0) is 36.8 Å². The molecular weight excluding hydrogens is 350 g/mol. The molecule has 0 bridgehead atoms. The van der Waals surface area contributed by atoms with Crippen LogP contribution in [0, 0.1) is 6.92 Å². The number of rotatable bonds is 3. The van der Waals surface area contributed by atoms with Gasteiger partial charge in [-0.3, -0.25) is 9.78 Å². The summed E-state index contributed by atoms with van der Waals surface area (Å²) in [4.78, 5) is 21.3. The highest BCUT2D eigenvalue weighted by Gasteiger charge is 2.27. The van der Waals surface area contributed by atoms with Crippen LogP contribution < -0.4 is 14.5 Å². The quantitative estimate of drug-likeness (QED) is 0.685. The molecule has 0 atom stereocenters. The Morgan fingerprint density at radius 1 is 0.964 bits per heavy atom. The third-order valence-electron chi connectivity index (χ3n) is 5.26. The van der Waals surface area contributed by atoms with Crippen LogP contribution in [-0.2, 0) is 6.42 Å². The van der Waals surface area contributed by atoms with Gasteiger partial charge in [0, 0.05) is 31.8 Å². The van der Waals surface area contributed by atoms with Gasteiger partial charge in [-0.1, -0.05) is 24.3 Å². The fourth-order valence-corrected chi connectivity index (χ4v) is 3.66. The first-order valence-electron chi connectivity index (χ1n) is 9.23. The standard InChI is InChI=1S/C23H23N3O2/c1-15-9-10-16(22(11-15)28-4)12-17-13-20-21(14-24-17)26(3)23(27)18-7-5-6-8-19(18)25(20)2/h5-11,13-14H,12H2,1-4H3. The molecular formula is C23H23N3O2. The van der Waals surface area contributed by atoms with Gasteiger partial charge in [0.2, 0.25) is 0 Å². The lowest BCUT2D eigenvalue weighted by Gasteiger charge is -2.22. The van der Waals surface area contributed by atoms with Crippen molar-refractivity contribution >= 4 is 23.0 Å². The third kappa shape index (κ3) is 2.99. The molecule has 142 valence electrons. The Kier molecular flexibility index (Phi) is 4.51. The van der Waals surface area contributed by atoms with E-state index in [2.05, 4.69) is 28.1 Å². The highest BCUT2D eigenvalue weighted by molar-refractivity contribution is 6.13. The van der Waals surface area contributed by atoms with Crippen molar-refractivity contribution in [3.63, 3.8) is 0 Å². The summed E-state index contributed by atoms with van der Waals surface area (Å²) in [5.74, 6) is 0.832. The van der Waals surface area contributed by atoms with Crippen molar-refractivity contribution in [1.29, 1.82) is 0 Å². The van der Waals surface area contributed by atoms with Crippen LogP contribution in [0.3, 0.4) is 0 Å². The number of anilines is 3. The van der Waals surface area contributed by atoms with E-state index >= 15 is 0 Å². The molecule has 2 heterocycles. The van der Waals surface area contributed by atoms with Crippen molar-refractivity contribution < 1.29 is 9.53 Å². The highest BCUT2D eigenvalue weighted by Crippen LogP contribution is 2.39. The molecule has 2 aromatic carbocycles. The lowest BCUT2D eigenvalue weighted by Crippen LogP contribution is -2.25. The second kappa shape index (κ2) is 7.00. The molecule has 0 saturated carbocycles. The number of hydrogen-bond acceptors (Lipinski definition) is 4. The smallest absolute Gasteiger partial charge is 0.260 e. The summed E-state index contributed by atoms with van der Waals surface area (Å²) in [7, 11) is 5.47. The van der Waals surface area contributed by atoms with Crippen molar-refractivity contribution in [1.82, 2.24) is 4.98 Å². The van der Waals surface area contributed by atoms with E-state index < -0.39 is 0 Å². The minimum absolute atomic E-state index is 0.0315. The predicted molar refractivity (Wildman–Crippen MR) is 112 cm³/mol. The number of aromatic nitrogens is 1. The Hall–Kier alpha value is -3.34. The second-order valence-electron chi connectivity index (χ2n) is 7.10. The number of aryl methyl sites for hydroxylation is 1. The van der Waals surface area contributed by atoms with E-state index in [4.69, 9.17) is 4.74 Å². The van der Waals surface area contributed by atoms with E-state index in [1.165, 1.54) is 0 Å². The van der Waals surface area contributed by atoms with E-state index in [1.807, 2.05) is 44.3 Å². The molecule has 1 aromatic heterocycles. The van der Waals surface area contributed by atoms with E-state index in [1.54, 1.807) is 25.3 Å². The SMILES string of the molecule is COc1cc(C)ccc1Cc1cc2c(cn1)N(C)C(=O)c1ccccc1N2C. The van der Waals surface area contributed by atoms with Gasteiger partial charge in [-0.25, -0.2) is 0 Å². The number of para-hydroxylation sites is 1. The molecule has 0 unspecified atom stereocenters. The van der Waals surface area contributed by atoms with Crippen LogP contribution in [0.2, 0.25) is 0 Å². The zero-order valence-electron chi connectivity index (χ0n) is 16.6. The second-order valence-corrected chi connectivity index (χ2v) is 7.10. The first kappa shape index (κ1) is 18.0. The van der Waals surface area contributed by atoms with Crippen molar-refractivity contribution in [3.05, 3.63) is 77.1 Å². The number of methoxy groups -OCH3 is 1. The number of carbonyl (C=O) groups excluding carboxylic acids is 1. The fraction of sp³-hybridized carbons (Fsp3) is 0.217. The molecule has 0 N–H and O–H groups in total. The van der Waals surface area contributed by atoms with Gasteiger partial charge < -0.3 is 14.5 Å². The Morgan fingerprint density at radius 3 is 2.54 bits per heavy atom. The first-order valence-corrected chi connectivity index (χ1v) is 9.23. The molecule has 0 saturated heterocycles. The Morgan fingerprint density at radius 2 is 1.75 bits per heavy atom. The maximum Gasteiger partial charge on any atom is 0.260 e. The lowest BCUT2D eigenvalue weighted by atomic mass is 10.1. The number of amides is 1. The number of fused-ring (bicyclic) bond motifs is 2. The molecule has 1 amide bonds. The molecule has 0 aliphatic carbocycles. The normalized spacial score (nSPS) is 13.1. The Labute approximate surface area is 165 Å². The van der Waals surface area contributed by atoms with Gasteiger partial charge in [0.1, 0.15) is 5.75 Å². The lowest BCUT2D eigenvalue weighted by molar-refractivity contribution is 0.0994. The highest BCUT2D eigenvalue weighted by atomic mass is 16.5. The van der Waals surface area contributed by atoms with Crippen molar-refractivity contribution in [2.75, 3.05) is 31.0 Å². The van der Waals surface area contributed by atoms with Crippen molar-refractivity contribution in [2.45, 2.75) is 13.3 Å². The Balaban J connectivity index is 1.78. The van der Waals surface area contributed by atoms with Crippen LogP contribution in [0.4, 0.5) is 17.1 Å². The molecule has 1 aliphatic rings. The first-order chi connectivity index (χ1) is 13.5. The summed E-state index contributed by atoms with van der Waals surface area (Å²) in [5, 5.41) is 0. The summed E-state index contributed by atoms with van der Waals surface area (Å²) < 4.78 is 5.54. The minimum atomic E-state index is -0.0315. The summed E-state index contributed by atoms with van der Waals surface area (Å²) in [6, 6.07) is 15.9. The molecule has 4 rings (SSSR count). The van der Waals surface area contributed by atoms with Gasteiger partial charge >= 0.3 is 0 Å². The summed E-state index contributed by atoms with van der Waals surface area (Å²) in [6.07, 6.45) is 2.44. The molecule has 1 aliphatic heterocycles. The predicted octanol–water partition coefficient (Wildman–Crippen LogP) is 4.35. The van der Waals surface area contributed by atoms with E-state index in [9.17, 15) is 4.79 Å². The number of hydrogen-bond donors (Lipinski definition) is 0. The molecule has 28 heavy (non-hydrogen) atoms. The van der Waals surface area contributed by atoms with Crippen LogP contribution in [-0.4, -0.2) is 32.1 Å². The van der Waals surface area contributed by atoms with Crippen LogP contribution >= 0.6 is 0 Å². The van der Waals surface area contributed by atoms with E-state index in [0.29, 0.717) is 12.0 Å². The number of pyridine rings is 1. The van der Waals surface area contributed by atoms with Gasteiger partial charge in [0.25, 0.3) is 5.91 Å². The molecule has 0 fully saturated rings. The van der Waals surface area contributed by atoms with Crippen LogP contribution in [0.25, 0.3) is 0 Å². The topological polar surface area (TPSA) is 45.7 Å². The number of nitrogens with zero attached hydrogens (tertiary/aromatic N) is 3. The van der Waals surface area contributed by atoms with Gasteiger partial charge in [0.15, 0.2) is 0 Å². The van der Waals surface area contributed by atoms with Crippen molar-refractivity contribution in [3.8, 4) is 5.75 Å². The summed E-state index contributed by atoms with van der Waals surface area (Å²) in [5.41, 5.74) is 6.50. The van der Waals surface area contributed by atoms with Crippen LogP contribution in [0.15, 0.2) is 54.7 Å². The van der Waals surface area contributed by atoms with Crippen LogP contribution in [0.5, 0.6) is 5.75 Å². The van der Waals surface area contributed by atoms with Gasteiger partial charge in [0.05, 0.1) is 35.9 Å². The molecule has 5 heteroatoms. The molecule has 5 nitrogen and oxygen atoms in total. The molecule has 3 aromatic rings. The average Bonchev–Trinajstić information content (AvgIpc) is 2.79. The van der Waals surface area contributed by atoms with E-state index in [-0.39, 0.29) is 5.91 Å². The van der Waals surface area contributed by atoms with Gasteiger partial charge in [-0.15, -0.1) is 0 Å². The average molecular weight is 373 g/mol. The third-order valence-corrected chi connectivity index (χ3v) is 5.26. The number of benzene rings is 2. The monoisotopic (exact) mass is 373 g/mol. The zero-order valence-corrected chi connectivity index (χ0v) is 16.6. The van der Waals surface area contributed by atoms with Crippen molar-refractivity contribution in [2.24, 2.45) is 0 Å². The van der Waals surface area contributed by atoms with Crippen LogP contribution in [0.1, 0.15) is 27.2 Å². The fourth-order valence-electron chi connectivity index (χ4n) is 3.66. The number of carbonyl (C=O) groups is 1. The Bertz CT molecular complexity index is 1060. The largest absolute Gasteiger partial charge is 0.496 e. The summed E-state index contributed by atoms with van der Waals surface area (Å²) in [6.45, 7) is 2.05. The molecule has 0 spiro atoms. The van der Waals surface area contributed by atoms with Gasteiger partial charge in [-0.2, -0.15) is 0 Å². The minimum Gasteiger partial charge on any atom is -0.496 e. The maximum absolute atomic E-state index is 12.9.